The third kappa shape index (κ3) is 2.18. The van der Waals surface area contributed by atoms with E-state index in [1.807, 2.05) is 6.92 Å². The molecule has 0 atom stereocenters. The van der Waals surface area contributed by atoms with Crippen LogP contribution < -0.4 is 5.73 Å². The first-order valence-electron chi connectivity index (χ1n) is 3.91. The molecule has 0 spiro atoms. The Morgan fingerprint density at radius 2 is 2.31 bits per heavy atom. The predicted octanol–water partition coefficient (Wildman–Crippen LogP) is 0.688. The molecule has 0 fully saturated rings. The highest BCUT2D eigenvalue weighted by atomic mass is 16.5. The van der Waals surface area contributed by atoms with E-state index in [9.17, 15) is 4.79 Å². The normalized spacial score (nSPS) is 9.69. The Morgan fingerprint density at radius 1 is 1.62 bits per heavy atom. The molecule has 0 amide bonds. The number of methoxy groups -OCH3 is 1. The molecule has 1 aromatic heterocycles. The average molecular weight is 180 g/mol. The summed E-state index contributed by atoms with van der Waals surface area (Å²) in [5, 5.41) is 0. The minimum absolute atomic E-state index is 0.205. The molecular weight excluding hydrogens is 168 g/mol. The number of nitrogens with two attached hydrogens (primary N) is 1. The molecule has 0 unspecified atom stereocenters. The molecule has 1 aromatic rings. The van der Waals surface area contributed by atoms with Crippen molar-refractivity contribution in [2.45, 2.75) is 13.3 Å². The van der Waals surface area contributed by atoms with E-state index in [1.54, 1.807) is 6.20 Å². The maximum absolute atomic E-state index is 11.0. The third-order valence-corrected chi connectivity index (χ3v) is 1.86. The molecule has 0 aliphatic carbocycles. The van der Waals surface area contributed by atoms with Crippen LogP contribution in [0.3, 0.4) is 0 Å². The van der Waals surface area contributed by atoms with Gasteiger partial charge in [0.2, 0.25) is 0 Å². The van der Waals surface area contributed by atoms with Crippen molar-refractivity contribution in [2.24, 2.45) is 0 Å². The van der Waals surface area contributed by atoms with Crippen LogP contribution in [0.4, 0.5) is 5.69 Å². The largest absolute Gasteiger partial charge is 0.469 e. The van der Waals surface area contributed by atoms with Gasteiger partial charge >= 0.3 is 5.97 Å². The number of rotatable bonds is 2. The van der Waals surface area contributed by atoms with Crippen LogP contribution in [0.2, 0.25) is 0 Å². The predicted molar refractivity (Wildman–Crippen MR) is 49.1 cm³/mol. The van der Waals surface area contributed by atoms with Gasteiger partial charge in [-0.15, -0.1) is 0 Å². The number of carbonyl (C=O) groups excluding carboxylic acids is 1. The molecule has 0 aromatic carbocycles. The van der Waals surface area contributed by atoms with Gasteiger partial charge in [-0.05, 0) is 18.1 Å². The highest BCUT2D eigenvalue weighted by molar-refractivity contribution is 5.75. The number of esters is 1. The smallest absolute Gasteiger partial charge is 0.310 e. The summed E-state index contributed by atoms with van der Waals surface area (Å²) in [4.78, 5) is 14.9. The van der Waals surface area contributed by atoms with Gasteiger partial charge in [0.15, 0.2) is 0 Å². The fraction of sp³-hybridized carbons (Fsp3) is 0.333. The number of anilines is 1. The summed E-state index contributed by atoms with van der Waals surface area (Å²) in [5.74, 6) is -0.291. The lowest BCUT2D eigenvalue weighted by Crippen LogP contribution is -2.08. The second kappa shape index (κ2) is 3.89. The molecule has 4 nitrogen and oxygen atoms in total. The summed E-state index contributed by atoms with van der Waals surface area (Å²) >= 11 is 0. The van der Waals surface area contributed by atoms with Gasteiger partial charge in [-0.25, -0.2) is 0 Å². The fourth-order valence-electron chi connectivity index (χ4n) is 1.07. The van der Waals surface area contributed by atoms with Crippen molar-refractivity contribution in [2.75, 3.05) is 12.8 Å². The van der Waals surface area contributed by atoms with Crippen molar-refractivity contribution >= 4 is 11.7 Å². The quantitative estimate of drug-likeness (QED) is 0.680. The second-order valence-corrected chi connectivity index (χ2v) is 2.78. The van der Waals surface area contributed by atoms with Crippen molar-refractivity contribution in [3.8, 4) is 0 Å². The first-order chi connectivity index (χ1) is 6.15. The van der Waals surface area contributed by atoms with E-state index >= 15 is 0 Å². The summed E-state index contributed by atoms with van der Waals surface area (Å²) in [5.41, 5.74) is 7.89. The van der Waals surface area contributed by atoms with Crippen LogP contribution in [0.15, 0.2) is 12.4 Å². The second-order valence-electron chi connectivity index (χ2n) is 2.78. The van der Waals surface area contributed by atoms with Crippen molar-refractivity contribution in [3.63, 3.8) is 0 Å². The monoisotopic (exact) mass is 180 g/mol. The van der Waals surface area contributed by atoms with E-state index < -0.39 is 0 Å². The minimum atomic E-state index is -0.291. The van der Waals surface area contributed by atoms with Gasteiger partial charge in [-0.3, -0.25) is 9.78 Å². The van der Waals surface area contributed by atoms with E-state index in [2.05, 4.69) is 9.72 Å². The van der Waals surface area contributed by atoms with E-state index in [1.165, 1.54) is 13.3 Å². The summed E-state index contributed by atoms with van der Waals surface area (Å²) in [6.07, 6.45) is 3.41. The van der Waals surface area contributed by atoms with Gasteiger partial charge < -0.3 is 10.5 Å². The van der Waals surface area contributed by atoms with Gasteiger partial charge in [-0.1, -0.05) is 0 Å². The van der Waals surface area contributed by atoms with Gasteiger partial charge in [-0.2, -0.15) is 0 Å². The molecule has 0 aliphatic rings. The molecular formula is C9H12N2O2. The lowest BCUT2D eigenvalue weighted by Gasteiger charge is -2.06. The van der Waals surface area contributed by atoms with Crippen molar-refractivity contribution in [3.05, 3.63) is 23.5 Å². The molecule has 70 valence electrons. The van der Waals surface area contributed by atoms with Crippen LogP contribution in [-0.2, 0) is 16.0 Å². The summed E-state index contributed by atoms with van der Waals surface area (Å²) < 4.78 is 4.55. The SMILES string of the molecule is COC(=O)Cc1c(C)cncc1N. The molecule has 2 N–H and O–H groups in total. The van der Waals surface area contributed by atoms with Crippen LogP contribution >= 0.6 is 0 Å². The van der Waals surface area contributed by atoms with Crippen molar-refractivity contribution in [1.82, 2.24) is 4.98 Å². The maximum Gasteiger partial charge on any atom is 0.310 e. The zero-order valence-corrected chi connectivity index (χ0v) is 7.70. The molecule has 0 bridgehead atoms. The summed E-state index contributed by atoms with van der Waals surface area (Å²) in [6, 6.07) is 0. The molecule has 0 aliphatic heterocycles. The third-order valence-electron chi connectivity index (χ3n) is 1.86. The molecule has 0 saturated carbocycles. The van der Waals surface area contributed by atoms with Crippen LogP contribution in [0.25, 0.3) is 0 Å². The van der Waals surface area contributed by atoms with Gasteiger partial charge in [0.05, 0.1) is 25.4 Å². The standard InChI is InChI=1S/C9H12N2O2/c1-6-4-11-5-8(10)7(6)3-9(12)13-2/h4-5H,3,10H2,1-2H3. The van der Waals surface area contributed by atoms with Gasteiger partial charge in [0.25, 0.3) is 0 Å². The molecule has 0 radical (unpaired) electrons. The van der Waals surface area contributed by atoms with E-state index in [0.717, 1.165) is 11.1 Å². The number of hydrogen-bond donors (Lipinski definition) is 1. The topological polar surface area (TPSA) is 65.2 Å². The van der Waals surface area contributed by atoms with E-state index in [-0.39, 0.29) is 12.4 Å². The number of nitrogen functional groups attached to an aromatic ring is 1. The van der Waals surface area contributed by atoms with Gasteiger partial charge in [0, 0.05) is 6.20 Å². The Bertz CT molecular complexity index is 303. The molecule has 1 rings (SSSR count). The number of pyridine rings is 1. The van der Waals surface area contributed by atoms with E-state index in [0.29, 0.717) is 5.69 Å². The zero-order valence-electron chi connectivity index (χ0n) is 7.70. The molecule has 0 saturated heterocycles. The minimum Gasteiger partial charge on any atom is -0.469 e. The van der Waals surface area contributed by atoms with Crippen molar-refractivity contribution < 1.29 is 9.53 Å². The molecule has 4 heteroatoms. The Morgan fingerprint density at radius 3 is 2.85 bits per heavy atom. The Balaban J connectivity index is 2.93. The highest BCUT2D eigenvalue weighted by Gasteiger charge is 2.08. The zero-order chi connectivity index (χ0) is 9.84. The number of ether oxygens (including phenoxy) is 1. The van der Waals surface area contributed by atoms with Crippen LogP contribution in [0.5, 0.6) is 0 Å². The van der Waals surface area contributed by atoms with Gasteiger partial charge in [0.1, 0.15) is 0 Å². The highest BCUT2D eigenvalue weighted by Crippen LogP contribution is 2.15. The number of nitrogens with zero attached hydrogens (tertiary/aromatic N) is 1. The van der Waals surface area contributed by atoms with E-state index in [4.69, 9.17) is 5.73 Å². The number of hydrogen-bond acceptors (Lipinski definition) is 4. The Hall–Kier alpha value is -1.58. The lowest BCUT2D eigenvalue weighted by molar-refractivity contribution is -0.139. The number of aryl methyl sites for hydroxylation is 1. The lowest BCUT2D eigenvalue weighted by atomic mass is 10.1. The fourth-order valence-corrected chi connectivity index (χ4v) is 1.07. The molecule has 13 heavy (non-hydrogen) atoms. The maximum atomic E-state index is 11.0. The average Bonchev–Trinajstić information content (AvgIpc) is 2.11. The number of aromatic nitrogens is 1. The van der Waals surface area contributed by atoms with Crippen LogP contribution in [-0.4, -0.2) is 18.1 Å². The summed E-state index contributed by atoms with van der Waals surface area (Å²) in [6.45, 7) is 1.86. The summed E-state index contributed by atoms with van der Waals surface area (Å²) in [7, 11) is 1.36. The Kier molecular flexibility index (Phi) is 2.84. The Labute approximate surface area is 76.7 Å². The first kappa shape index (κ1) is 9.51. The first-order valence-corrected chi connectivity index (χ1v) is 3.91. The number of carbonyl (C=O) groups is 1. The van der Waals surface area contributed by atoms with Crippen molar-refractivity contribution in [1.29, 1.82) is 0 Å². The van der Waals surface area contributed by atoms with Crippen LogP contribution in [0.1, 0.15) is 11.1 Å². The molecule has 1 heterocycles. The van der Waals surface area contributed by atoms with Crippen LogP contribution in [0, 0.1) is 6.92 Å².